The highest BCUT2D eigenvalue weighted by Crippen LogP contribution is 2.24. The molecule has 1 atom stereocenters. The van der Waals surface area contributed by atoms with Gasteiger partial charge in [-0.05, 0) is 61.7 Å². The number of rotatable bonds is 5. The number of nitrogens with zero attached hydrogens (tertiary/aromatic N) is 2. The van der Waals surface area contributed by atoms with E-state index in [1.54, 1.807) is 13.3 Å². The molecule has 3 heterocycles. The van der Waals surface area contributed by atoms with Crippen LogP contribution in [0.15, 0.2) is 35.3 Å². The normalized spacial score (nSPS) is 18.5. The van der Waals surface area contributed by atoms with E-state index in [9.17, 15) is 14.4 Å². The summed E-state index contributed by atoms with van der Waals surface area (Å²) in [5, 5.41) is 2.84. The van der Waals surface area contributed by atoms with Crippen LogP contribution in [0.2, 0.25) is 0 Å². The molecule has 0 radical (unpaired) electrons. The molecule has 2 amide bonds. The van der Waals surface area contributed by atoms with Gasteiger partial charge in [0.15, 0.2) is 0 Å². The van der Waals surface area contributed by atoms with Crippen molar-refractivity contribution in [3.63, 3.8) is 0 Å². The predicted molar refractivity (Wildman–Crippen MR) is 116 cm³/mol. The van der Waals surface area contributed by atoms with Gasteiger partial charge in [-0.25, -0.2) is 0 Å². The third-order valence-electron chi connectivity index (χ3n) is 6.22. The molecule has 8 nitrogen and oxygen atoms in total. The lowest BCUT2D eigenvalue weighted by Gasteiger charge is -2.33. The molecule has 164 valence electrons. The number of amides is 2. The number of likely N-dealkylation sites (tertiary alicyclic amines) is 1. The van der Waals surface area contributed by atoms with Crippen molar-refractivity contribution in [3.05, 3.63) is 63.1 Å². The monoisotopic (exact) mass is 424 g/mol. The van der Waals surface area contributed by atoms with Crippen LogP contribution in [0.4, 0.5) is 0 Å². The number of aromatic nitrogens is 1. The minimum absolute atomic E-state index is 0.0741. The van der Waals surface area contributed by atoms with E-state index in [2.05, 4.69) is 15.2 Å². The molecule has 0 spiro atoms. The van der Waals surface area contributed by atoms with E-state index in [0.29, 0.717) is 25.3 Å². The molecular weight excluding hydrogens is 396 g/mol. The van der Waals surface area contributed by atoms with Crippen LogP contribution in [0.25, 0.3) is 0 Å². The Kier molecular flexibility index (Phi) is 6.08. The molecule has 4 rings (SSSR count). The van der Waals surface area contributed by atoms with Crippen LogP contribution in [0, 0.1) is 0 Å². The van der Waals surface area contributed by atoms with Gasteiger partial charge in [-0.1, -0.05) is 12.1 Å². The number of carbonyl (C=O) groups excluding carboxylic acids is 2. The zero-order valence-electron chi connectivity index (χ0n) is 17.9. The molecule has 1 saturated heterocycles. The van der Waals surface area contributed by atoms with Crippen LogP contribution in [0.1, 0.15) is 39.9 Å². The molecule has 31 heavy (non-hydrogen) atoms. The highest BCUT2D eigenvalue weighted by atomic mass is 16.5. The van der Waals surface area contributed by atoms with Gasteiger partial charge < -0.3 is 19.9 Å². The third-order valence-corrected chi connectivity index (χ3v) is 6.22. The molecule has 8 heteroatoms. The lowest BCUT2D eigenvalue weighted by atomic mass is 9.95. The van der Waals surface area contributed by atoms with Crippen molar-refractivity contribution in [3.8, 4) is 5.75 Å². The molecule has 2 N–H and O–H groups in total. The summed E-state index contributed by atoms with van der Waals surface area (Å²) < 4.78 is 5.21. The van der Waals surface area contributed by atoms with Gasteiger partial charge >= 0.3 is 0 Å². The maximum Gasteiger partial charge on any atom is 0.261 e. The largest absolute Gasteiger partial charge is 0.497 e. The van der Waals surface area contributed by atoms with Crippen LogP contribution >= 0.6 is 0 Å². The summed E-state index contributed by atoms with van der Waals surface area (Å²) in [5.41, 5.74) is 2.18. The number of hydrogen-bond acceptors (Lipinski definition) is 5. The van der Waals surface area contributed by atoms with Gasteiger partial charge in [0.25, 0.3) is 11.5 Å². The smallest absolute Gasteiger partial charge is 0.261 e. The minimum atomic E-state index is -0.406. The number of pyridine rings is 1. The van der Waals surface area contributed by atoms with Gasteiger partial charge in [-0.2, -0.15) is 0 Å². The Morgan fingerprint density at radius 2 is 2.13 bits per heavy atom. The Balaban J connectivity index is 1.49. The summed E-state index contributed by atoms with van der Waals surface area (Å²) in [6, 6.07) is 7.34. The van der Waals surface area contributed by atoms with Crippen molar-refractivity contribution in [2.24, 2.45) is 0 Å². The molecule has 1 fully saturated rings. The van der Waals surface area contributed by atoms with Crippen molar-refractivity contribution in [1.29, 1.82) is 0 Å². The van der Waals surface area contributed by atoms with E-state index in [0.717, 1.165) is 36.1 Å². The Hall–Kier alpha value is -3.13. The summed E-state index contributed by atoms with van der Waals surface area (Å²) >= 11 is 0. The Bertz CT molecular complexity index is 1050. The topological polar surface area (TPSA) is 94.7 Å². The second-order valence-electron chi connectivity index (χ2n) is 8.18. The second-order valence-corrected chi connectivity index (χ2v) is 8.18. The summed E-state index contributed by atoms with van der Waals surface area (Å²) in [5.74, 6) is 0.427. The number of fused-ring (bicyclic) bond motifs is 1. The fraction of sp³-hybridized carbons (Fsp3) is 0.435. The summed E-state index contributed by atoms with van der Waals surface area (Å²) in [6.07, 6.45) is 4.03. The first kappa shape index (κ1) is 21.1. The number of aromatic amines is 1. The SMILES string of the molecule is COc1cccc(CNC(=O)c2c3c(c[nH]c2=O)CN(C(=O)[C@@H]2CCCN2C)CC3)c1. The number of carbonyl (C=O) groups is 2. The van der Waals surface area contributed by atoms with Crippen molar-refractivity contribution in [2.75, 3.05) is 27.2 Å². The van der Waals surface area contributed by atoms with Crippen LogP contribution in [-0.2, 0) is 24.3 Å². The van der Waals surface area contributed by atoms with Crippen LogP contribution < -0.4 is 15.6 Å². The molecule has 0 bridgehead atoms. The zero-order valence-corrected chi connectivity index (χ0v) is 17.9. The van der Waals surface area contributed by atoms with Crippen molar-refractivity contribution in [1.82, 2.24) is 20.1 Å². The molecule has 0 saturated carbocycles. The summed E-state index contributed by atoms with van der Waals surface area (Å²) in [7, 11) is 3.57. The van der Waals surface area contributed by atoms with Crippen molar-refractivity contribution in [2.45, 2.75) is 38.4 Å². The number of hydrogen-bond donors (Lipinski definition) is 2. The van der Waals surface area contributed by atoms with E-state index < -0.39 is 11.5 Å². The van der Waals surface area contributed by atoms with Gasteiger partial charge in [0.2, 0.25) is 5.91 Å². The maximum absolute atomic E-state index is 12.9. The zero-order chi connectivity index (χ0) is 22.0. The Morgan fingerprint density at radius 3 is 2.87 bits per heavy atom. The molecular formula is C23H28N4O4. The molecule has 2 aliphatic rings. The van der Waals surface area contributed by atoms with Crippen molar-refractivity contribution < 1.29 is 14.3 Å². The van der Waals surface area contributed by atoms with E-state index in [1.165, 1.54) is 0 Å². The van der Waals surface area contributed by atoms with Crippen molar-refractivity contribution >= 4 is 11.8 Å². The first-order valence-electron chi connectivity index (χ1n) is 10.6. The minimum Gasteiger partial charge on any atom is -0.497 e. The number of nitrogens with one attached hydrogen (secondary N) is 2. The molecule has 2 aliphatic heterocycles. The fourth-order valence-electron chi connectivity index (χ4n) is 4.48. The Labute approximate surface area is 181 Å². The third kappa shape index (κ3) is 4.34. The lowest BCUT2D eigenvalue weighted by molar-refractivity contribution is -0.136. The molecule has 0 aliphatic carbocycles. The molecule has 1 aromatic heterocycles. The van der Waals surface area contributed by atoms with E-state index >= 15 is 0 Å². The van der Waals surface area contributed by atoms with Gasteiger partial charge in [0.1, 0.15) is 11.3 Å². The average molecular weight is 425 g/mol. The lowest BCUT2D eigenvalue weighted by Crippen LogP contribution is -2.47. The summed E-state index contributed by atoms with van der Waals surface area (Å²) in [6.45, 7) is 2.14. The summed E-state index contributed by atoms with van der Waals surface area (Å²) in [4.78, 5) is 44.9. The fourth-order valence-corrected chi connectivity index (χ4v) is 4.48. The van der Waals surface area contributed by atoms with E-state index in [-0.39, 0.29) is 24.1 Å². The quantitative estimate of drug-likeness (QED) is 0.754. The number of ether oxygens (including phenoxy) is 1. The highest BCUT2D eigenvalue weighted by Gasteiger charge is 2.34. The number of likely N-dealkylation sites (N-methyl/N-ethyl adjacent to an activating group) is 1. The van der Waals surface area contributed by atoms with E-state index in [1.807, 2.05) is 36.2 Å². The standard InChI is InChI=1S/C23H28N4O4/c1-26-9-4-7-19(26)23(30)27-10-8-18-16(14-27)13-25-22(29)20(18)21(28)24-12-15-5-3-6-17(11-15)31-2/h3,5-6,11,13,19H,4,7-10,12,14H2,1-2H3,(H,24,28)(H,25,29)/t19-/m0/s1. The number of methoxy groups -OCH3 is 1. The highest BCUT2D eigenvalue weighted by molar-refractivity contribution is 5.95. The van der Waals surface area contributed by atoms with Crippen LogP contribution in [0.3, 0.4) is 0 Å². The van der Waals surface area contributed by atoms with Gasteiger partial charge in [-0.3, -0.25) is 19.3 Å². The molecule has 1 aromatic carbocycles. The van der Waals surface area contributed by atoms with Gasteiger partial charge in [-0.15, -0.1) is 0 Å². The maximum atomic E-state index is 12.9. The first-order valence-corrected chi connectivity index (χ1v) is 10.6. The van der Waals surface area contributed by atoms with Gasteiger partial charge in [0, 0.05) is 25.8 Å². The molecule has 2 aromatic rings. The first-order chi connectivity index (χ1) is 15.0. The molecule has 0 unspecified atom stereocenters. The average Bonchev–Trinajstić information content (AvgIpc) is 3.22. The number of H-pyrrole nitrogens is 1. The predicted octanol–water partition coefficient (Wildman–Crippen LogP) is 1.29. The van der Waals surface area contributed by atoms with Crippen LogP contribution in [-0.4, -0.2) is 59.9 Å². The number of benzene rings is 1. The second kappa shape index (κ2) is 8.93. The van der Waals surface area contributed by atoms with Crippen LogP contribution in [0.5, 0.6) is 5.75 Å². The Morgan fingerprint density at radius 1 is 1.29 bits per heavy atom. The van der Waals surface area contributed by atoms with Gasteiger partial charge in [0.05, 0.1) is 13.2 Å². The van der Waals surface area contributed by atoms with E-state index in [4.69, 9.17) is 4.74 Å².